The Bertz CT molecular complexity index is 6850. The summed E-state index contributed by atoms with van der Waals surface area (Å²) < 4.78 is 16.3. The Hall–Kier alpha value is -12.3. The minimum atomic E-state index is 0.0272. The van der Waals surface area contributed by atoms with Crippen LogP contribution in [0.2, 0.25) is 0 Å². The minimum absolute atomic E-state index is 0.0272. The number of benzene rings is 11. The number of carbonyl (C=O) groups is 4. The van der Waals surface area contributed by atoms with Crippen molar-refractivity contribution in [3.63, 3.8) is 0 Å². The maximum absolute atomic E-state index is 13.2. The quantitative estimate of drug-likeness (QED) is 0.0350. The van der Waals surface area contributed by atoms with Crippen molar-refractivity contribution in [1.82, 2.24) is 45.9 Å². The molecule has 150 heavy (non-hydrogen) atoms. The lowest BCUT2D eigenvalue weighted by Gasteiger charge is -2.55. The molecule has 4 N–H and O–H groups in total. The topological polar surface area (TPSA) is 170 Å². The zero-order chi connectivity index (χ0) is 103. The van der Waals surface area contributed by atoms with Gasteiger partial charge in [-0.15, -0.1) is 0 Å². The van der Waals surface area contributed by atoms with E-state index in [0.717, 1.165) is 154 Å². The van der Waals surface area contributed by atoms with Gasteiger partial charge in [0.25, 0.3) is 23.6 Å². The number of aromatic nitrogens is 1. The number of aryl methyl sites for hydroxylation is 1. The molecule has 4 saturated heterocycles. The number of hydrogen-bond donors (Lipinski definition) is 4. The van der Waals surface area contributed by atoms with Crippen molar-refractivity contribution in [2.24, 2.45) is 47.3 Å². The van der Waals surface area contributed by atoms with Crippen LogP contribution in [0.15, 0.2) is 261 Å². The van der Waals surface area contributed by atoms with Crippen molar-refractivity contribution in [2.45, 2.75) is 237 Å². The molecule has 13 aliphatic rings. The average Bonchev–Trinajstić information content (AvgIpc) is 1.65. The Labute approximate surface area is 890 Å². The van der Waals surface area contributed by atoms with Gasteiger partial charge in [-0.1, -0.05) is 231 Å². The summed E-state index contributed by atoms with van der Waals surface area (Å²) in [5.74, 6) is 8.80. The fourth-order valence-corrected chi connectivity index (χ4v) is 27.1. The Kier molecular flexibility index (Phi) is 29.8. The van der Waals surface area contributed by atoms with Gasteiger partial charge in [0.1, 0.15) is 5.75 Å². The molecule has 3 unspecified atom stereocenters. The molecular weight excluding hydrogens is 1850 g/mol. The van der Waals surface area contributed by atoms with Crippen LogP contribution in [0.1, 0.15) is 246 Å². The molecule has 4 saturated carbocycles. The van der Waals surface area contributed by atoms with Gasteiger partial charge in [-0.3, -0.25) is 43.8 Å². The first-order valence-corrected chi connectivity index (χ1v) is 56.9. The van der Waals surface area contributed by atoms with Crippen molar-refractivity contribution in [1.29, 1.82) is 0 Å². The standard InChI is InChI=1S/C34H38N2O3.C34H40N2O2.C33H39N3O.C33H38N2O/c1-22-30-18-27-9-10-28(17-29(27)34(22,2)14-16-36(30)20-24-3-4-24)33(37)35-15-13-23-5-7-25(8-6-23)26-11-12-31-32(19-26)39-21-38-31;1-23-32-21-28-13-14-29(20-31(28)34(23,2)16-18-36(32)22-25-7-8-25)33(37)35-17-15-24-9-11-26(12-10-24)27-5-4-6-30(19-27)38-3;1-22-4-9-29(20-35-22)26-10-7-24(8-11-26)14-16-34-32(37)28-13-12-27-19-31-23(2)33(3,30(27)18-28)15-17-36(31)21-25-5-6-25;1-23-31-21-28-14-15-29(20-30(28)33(23,2)17-19-35(31)22-25-8-9-25)32(36)34-18-16-24-10-12-27(13-11-24)26-6-4-3-5-7-26/h5-12,17,19,22,24,30H,3-4,13-16,18,20-21H2,1-2H3,(H,35,37);4-6,9-14,19-20,23,25,32H,7-8,15-18,21-22H2,1-3H3,(H,35,37);4,7-13,18,20,23,25,31H,5-6,14-17,19,21H2,1-3H3,(H,34,37);3-7,10-15,20,23,25,31H,8-9,16-19,21-22H2,1-2H3,(H,34,36)/t22-,30+,34+;23-,32+,34+;23?,31?,33-;23-,31?,33+/m0010/s1. The Morgan fingerprint density at radius 2 is 0.620 bits per heavy atom. The summed E-state index contributed by atoms with van der Waals surface area (Å²) in [6.45, 7) is 34.2. The predicted molar refractivity (Wildman–Crippen MR) is 604 cm³/mol. The summed E-state index contributed by atoms with van der Waals surface area (Å²) in [7, 11) is 1.69. The SMILES string of the molecule is COc1cccc(-c2ccc(CCNC(=O)c3ccc4c(c3)[C@]3(C)CCN(CC5CC5)[C@H](C4)[C@@H]3C)cc2)c1.C[C@H]1C2Cc3ccc(C(=O)NCCc4ccc(-c5ccccc5)cc4)cc3[C@]1(C)CCN2CC1CC1.C[C@H]1[C@H]2Cc3ccc(C(=O)NCCc4ccc(-c5ccc6c(c5)OCO6)cc4)cc3[C@]1(C)CCN2CC1CC1.Cc1ccc(-c2ccc(CCNC(=O)c3ccc4c(c3)[C@]3(C)CCN(CC5CC5)C(C4)C3C)cc2)cn1. The molecule has 12 aromatic rings. The van der Waals surface area contributed by atoms with Crippen molar-refractivity contribution in [2.75, 3.05) is 92.4 Å². The fourth-order valence-electron chi connectivity index (χ4n) is 27.1. The van der Waals surface area contributed by atoms with Gasteiger partial charge in [0.15, 0.2) is 11.5 Å². The second-order valence-electron chi connectivity index (χ2n) is 47.8. The van der Waals surface area contributed by atoms with Crippen LogP contribution in [0.5, 0.6) is 17.2 Å². The summed E-state index contributed by atoms with van der Waals surface area (Å²) in [4.78, 5) is 68.0. The summed E-state index contributed by atoms with van der Waals surface area (Å²) in [6, 6.07) is 91.6. The molecule has 16 heteroatoms. The number of nitrogens with one attached hydrogen (secondary N) is 4. The van der Waals surface area contributed by atoms with Gasteiger partial charge in [-0.2, -0.15) is 0 Å². The third kappa shape index (κ3) is 22.2. The van der Waals surface area contributed by atoms with Crippen LogP contribution in [0.25, 0.3) is 44.5 Å². The van der Waals surface area contributed by atoms with E-state index in [1.165, 1.54) is 207 Å². The van der Waals surface area contributed by atoms with E-state index in [-0.39, 0.29) is 52.1 Å². The van der Waals surface area contributed by atoms with Crippen LogP contribution in [-0.4, -0.2) is 165 Å². The van der Waals surface area contributed by atoms with E-state index < -0.39 is 0 Å². The van der Waals surface area contributed by atoms with E-state index in [0.29, 0.717) is 74.0 Å². The second-order valence-corrected chi connectivity index (χ2v) is 47.8. The highest BCUT2D eigenvalue weighted by Gasteiger charge is 2.54. The number of fused-ring (bicyclic) bond motifs is 17. The van der Waals surface area contributed by atoms with Crippen molar-refractivity contribution in [3.05, 3.63) is 356 Å². The number of nitrogens with zero attached hydrogens (tertiary/aromatic N) is 5. The molecule has 11 aromatic carbocycles. The van der Waals surface area contributed by atoms with Gasteiger partial charge in [-0.25, -0.2) is 0 Å². The largest absolute Gasteiger partial charge is 0.497 e. The van der Waals surface area contributed by atoms with Crippen molar-refractivity contribution >= 4 is 23.6 Å². The number of amides is 4. The second kappa shape index (κ2) is 43.8. The van der Waals surface area contributed by atoms with Crippen LogP contribution in [0.3, 0.4) is 0 Å². The van der Waals surface area contributed by atoms with E-state index >= 15 is 0 Å². The number of ether oxygens (including phenoxy) is 3. The molecule has 778 valence electrons. The monoisotopic (exact) mass is 2000 g/mol. The first kappa shape index (κ1) is 102. The molecule has 4 amide bonds. The highest BCUT2D eigenvalue weighted by atomic mass is 16.7. The Morgan fingerprint density at radius 1 is 0.327 bits per heavy atom. The van der Waals surface area contributed by atoms with E-state index in [1.807, 2.05) is 79.9 Å². The van der Waals surface area contributed by atoms with Crippen molar-refractivity contribution < 1.29 is 33.4 Å². The molecular formula is C134H155N9O7. The summed E-state index contributed by atoms with van der Waals surface area (Å²) in [5.41, 5.74) is 30.4. The lowest BCUT2D eigenvalue weighted by molar-refractivity contribution is 0.0283. The van der Waals surface area contributed by atoms with Crippen LogP contribution in [0.4, 0.5) is 0 Å². The number of piperidine rings is 4. The molecule has 25 rings (SSSR count). The number of carbonyl (C=O) groups excluding carboxylic acids is 4. The van der Waals surface area contributed by atoms with Crippen LogP contribution in [0, 0.1) is 54.3 Å². The summed E-state index contributed by atoms with van der Waals surface area (Å²) >= 11 is 0. The maximum Gasteiger partial charge on any atom is 0.251 e. The average molecular weight is 2000 g/mol. The number of hydrogen-bond acceptors (Lipinski definition) is 12. The maximum atomic E-state index is 13.2. The molecule has 1 aromatic heterocycles. The lowest BCUT2D eigenvalue weighted by Crippen LogP contribution is -2.58. The van der Waals surface area contributed by atoms with Crippen LogP contribution >= 0.6 is 0 Å². The molecule has 12 atom stereocenters. The Balaban J connectivity index is 0.000000113. The smallest absolute Gasteiger partial charge is 0.251 e. The zero-order valence-electron chi connectivity index (χ0n) is 90.2. The highest BCUT2D eigenvalue weighted by molar-refractivity contribution is 5.97. The number of methoxy groups -OCH3 is 1. The number of rotatable bonds is 29. The van der Waals surface area contributed by atoms with Gasteiger partial charge in [0.2, 0.25) is 6.79 Å². The highest BCUT2D eigenvalue weighted by Crippen LogP contribution is 2.56. The first-order chi connectivity index (χ1) is 72.8. The Morgan fingerprint density at radius 3 is 0.940 bits per heavy atom. The molecule has 8 bridgehead atoms. The summed E-state index contributed by atoms with van der Waals surface area (Å²) in [6.07, 6.45) is 25.7. The number of likely N-dealkylation sites (tertiary alicyclic amines) is 4. The third-order valence-corrected chi connectivity index (χ3v) is 38.4. The van der Waals surface area contributed by atoms with Crippen molar-refractivity contribution in [3.8, 4) is 61.8 Å². The van der Waals surface area contributed by atoms with E-state index in [4.69, 9.17) is 14.2 Å². The third-order valence-electron chi connectivity index (χ3n) is 38.4. The van der Waals surface area contributed by atoms with Crippen LogP contribution < -0.4 is 35.5 Å². The molecule has 0 spiro atoms. The molecule has 0 radical (unpaired) electrons. The van der Waals surface area contributed by atoms with E-state index in [9.17, 15) is 19.2 Å². The lowest BCUT2D eigenvalue weighted by atomic mass is 9.59. The first-order valence-electron chi connectivity index (χ1n) is 56.9. The minimum Gasteiger partial charge on any atom is -0.497 e. The molecule has 5 aliphatic heterocycles. The predicted octanol–water partition coefficient (Wildman–Crippen LogP) is 24.5. The molecule has 6 heterocycles. The van der Waals surface area contributed by atoms with Gasteiger partial charge in [0.05, 0.1) is 7.11 Å². The van der Waals surface area contributed by atoms with Crippen LogP contribution in [-0.2, 0) is 73.0 Å². The zero-order valence-corrected chi connectivity index (χ0v) is 90.2. The summed E-state index contributed by atoms with van der Waals surface area (Å²) in [5, 5.41) is 12.7. The van der Waals surface area contributed by atoms with Gasteiger partial charge in [-0.05, 0) is 415 Å². The van der Waals surface area contributed by atoms with E-state index in [1.54, 1.807) is 7.11 Å². The molecule has 8 aliphatic carbocycles. The van der Waals surface area contributed by atoms with Gasteiger partial charge < -0.3 is 35.5 Å². The normalized spacial score (nSPS) is 25.0. The molecule has 16 nitrogen and oxygen atoms in total. The van der Waals surface area contributed by atoms with E-state index in [2.05, 4.69) is 289 Å². The van der Waals surface area contributed by atoms with Gasteiger partial charge >= 0.3 is 0 Å². The molecule has 8 fully saturated rings. The van der Waals surface area contributed by atoms with Gasteiger partial charge in [0, 0.05) is 116 Å². The fraction of sp³-hybridized carbons (Fsp3) is 0.440. The number of pyridine rings is 1.